The number of nitrogens with zero attached hydrogens (tertiary/aromatic N) is 2. The number of aromatic carboxylic acids is 1. The Morgan fingerprint density at radius 1 is 0.952 bits per heavy atom. The lowest BCUT2D eigenvalue weighted by Crippen LogP contribution is -2.26. The summed E-state index contributed by atoms with van der Waals surface area (Å²) in [5, 5.41) is 24.6. The summed E-state index contributed by atoms with van der Waals surface area (Å²) in [4.78, 5) is 38.3. The third-order valence-electron chi connectivity index (χ3n) is 6.82. The summed E-state index contributed by atoms with van der Waals surface area (Å²) in [5.41, 5.74) is 6.23. The molecular formula is C31H24FN3O7. The molecule has 0 unspecified atom stereocenters. The van der Waals surface area contributed by atoms with Crippen LogP contribution >= 0.6 is 0 Å². The molecule has 0 atom stereocenters. The average molecular weight is 570 g/mol. The summed E-state index contributed by atoms with van der Waals surface area (Å²) in [6, 6.07) is 18.2. The van der Waals surface area contributed by atoms with Crippen LogP contribution in [-0.4, -0.2) is 41.1 Å². The molecule has 0 spiro atoms. The standard InChI is InChI=1S/C31H24FN3O7/c1-16-7-9-19(13-17(16)2)35-26-15-20(42-31(40)41-3)10-11-22(26)27(29(35)37)34-33-25-6-4-5-21(28(25)36)18-8-12-24(32)23(14-18)30(38)39/h4-15,33,36H,1-3H3,(H,38,39). The SMILES string of the molecule is COC(=O)Oc1ccc2c(c1)N(c1ccc(C)c(C)c1)C(=O)C2=NNc1cccc(-c2ccc(F)c(C(=O)O)c2)c1O. The van der Waals surface area contributed by atoms with Crippen molar-refractivity contribution in [3.8, 4) is 22.6 Å². The van der Waals surface area contributed by atoms with Crippen molar-refractivity contribution in [1.82, 2.24) is 0 Å². The monoisotopic (exact) mass is 569 g/mol. The number of rotatable bonds is 6. The minimum Gasteiger partial charge on any atom is -0.505 e. The summed E-state index contributed by atoms with van der Waals surface area (Å²) in [7, 11) is 1.18. The zero-order valence-electron chi connectivity index (χ0n) is 22.6. The number of aryl methyl sites for hydroxylation is 2. The maximum atomic E-state index is 13.9. The molecular weight excluding hydrogens is 545 g/mol. The predicted octanol–water partition coefficient (Wildman–Crippen LogP) is 6.15. The second kappa shape index (κ2) is 11.0. The van der Waals surface area contributed by atoms with Gasteiger partial charge in [-0.25, -0.2) is 14.0 Å². The van der Waals surface area contributed by atoms with E-state index in [1.165, 1.54) is 42.3 Å². The van der Waals surface area contributed by atoms with Crippen molar-refractivity contribution in [3.05, 3.63) is 101 Å². The Hall–Kier alpha value is -5.71. The Balaban J connectivity index is 1.55. The number of phenolic OH excluding ortho intramolecular Hbond substituents is 1. The normalized spacial score (nSPS) is 13.2. The smallest absolute Gasteiger partial charge is 0.505 e. The number of halogens is 1. The molecule has 1 heterocycles. The molecule has 0 fully saturated rings. The second-order valence-corrected chi connectivity index (χ2v) is 9.42. The molecule has 42 heavy (non-hydrogen) atoms. The van der Waals surface area contributed by atoms with Crippen molar-refractivity contribution in [2.75, 3.05) is 17.4 Å². The molecule has 10 nitrogen and oxygen atoms in total. The van der Waals surface area contributed by atoms with Gasteiger partial charge in [0.25, 0.3) is 5.91 Å². The first-order valence-electron chi connectivity index (χ1n) is 12.6. The third-order valence-corrected chi connectivity index (χ3v) is 6.82. The molecule has 4 aromatic rings. The average Bonchev–Trinajstić information content (AvgIpc) is 3.24. The number of amides is 1. The van der Waals surface area contributed by atoms with Crippen molar-refractivity contribution >= 4 is 40.8 Å². The highest BCUT2D eigenvalue weighted by molar-refractivity contribution is 6.55. The highest BCUT2D eigenvalue weighted by Gasteiger charge is 2.36. The van der Waals surface area contributed by atoms with Crippen LogP contribution in [0.1, 0.15) is 27.0 Å². The van der Waals surface area contributed by atoms with E-state index in [-0.39, 0.29) is 34.0 Å². The van der Waals surface area contributed by atoms with E-state index in [0.29, 0.717) is 16.9 Å². The van der Waals surface area contributed by atoms with Crippen molar-refractivity contribution < 1.29 is 38.5 Å². The summed E-state index contributed by atoms with van der Waals surface area (Å²) < 4.78 is 23.7. The lowest BCUT2D eigenvalue weighted by atomic mass is 10.0. The first kappa shape index (κ1) is 27.8. The van der Waals surface area contributed by atoms with Gasteiger partial charge in [0.15, 0.2) is 5.71 Å². The fourth-order valence-corrected chi connectivity index (χ4v) is 4.50. The van der Waals surface area contributed by atoms with Gasteiger partial charge in [-0.1, -0.05) is 24.3 Å². The maximum Gasteiger partial charge on any atom is 0.513 e. The predicted molar refractivity (Wildman–Crippen MR) is 153 cm³/mol. The van der Waals surface area contributed by atoms with Crippen LogP contribution in [0.4, 0.5) is 26.2 Å². The van der Waals surface area contributed by atoms with Crippen molar-refractivity contribution in [2.45, 2.75) is 13.8 Å². The van der Waals surface area contributed by atoms with Crippen LogP contribution in [0.5, 0.6) is 11.5 Å². The van der Waals surface area contributed by atoms with Crippen LogP contribution in [0.25, 0.3) is 11.1 Å². The van der Waals surface area contributed by atoms with Crippen LogP contribution in [0.3, 0.4) is 0 Å². The number of fused-ring (bicyclic) bond motifs is 1. The first-order valence-corrected chi connectivity index (χ1v) is 12.6. The summed E-state index contributed by atoms with van der Waals surface area (Å²) in [5.74, 6) is -2.96. The Morgan fingerprint density at radius 2 is 1.74 bits per heavy atom. The van der Waals surface area contributed by atoms with E-state index in [2.05, 4.69) is 15.3 Å². The number of carboxylic acid groups (broad SMARTS) is 1. The van der Waals surface area contributed by atoms with Crippen molar-refractivity contribution in [1.29, 1.82) is 0 Å². The van der Waals surface area contributed by atoms with Gasteiger partial charge in [0.1, 0.15) is 17.3 Å². The van der Waals surface area contributed by atoms with Crippen LogP contribution < -0.4 is 15.1 Å². The number of carbonyl (C=O) groups is 3. The number of para-hydroxylation sites is 1. The molecule has 0 radical (unpaired) electrons. The van der Waals surface area contributed by atoms with E-state index in [1.807, 2.05) is 26.0 Å². The minimum absolute atomic E-state index is 0.0209. The molecule has 1 amide bonds. The highest BCUT2D eigenvalue weighted by atomic mass is 19.1. The zero-order valence-corrected chi connectivity index (χ0v) is 22.6. The maximum absolute atomic E-state index is 13.9. The quantitative estimate of drug-likeness (QED) is 0.109. The number of carboxylic acids is 1. The summed E-state index contributed by atoms with van der Waals surface area (Å²) in [6.07, 6.45) is -0.917. The minimum atomic E-state index is -1.44. The molecule has 4 aromatic carbocycles. The van der Waals surface area contributed by atoms with Crippen molar-refractivity contribution in [2.24, 2.45) is 5.10 Å². The Labute approximate surface area is 239 Å². The van der Waals surface area contributed by atoms with Crippen LogP contribution in [-0.2, 0) is 9.53 Å². The summed E-state index contributed by atoms with van der Waals surface area (Å²) >= 11 is 0. The van der Waals surface area contributed by atoms with Gasteiger partial charge in [0.2, 0.25) is 0 Å². The van der Waals surface area contributed by atoms with E-state index in [9.17, 15) is 29.0 Å². The Morgan fingerprint density at radius 3 is 2.45 bits per heavy atom. The third kappa shape index (κ3) is 5.10. The van der Waals surface area contributed by atoms with Gasteiger partial charge in [-0.05, 0) is 73.0 Å². The summed E-state index contributed by atoms with van der Waals surface area (Å²) in [6.45, 7) is 3.87. The lowest BCUT2D eigenvalue weighted by Gasteiger charge is -2.18. The number of hydrazone groups is 1. The van der Waals surface area contributed by atoms with E-state index in [4.69, 9.17) is 4.74 Å². The highest BCUT2D eigenvalue weighted by Crippen LogP contribution is 2.40. The number of nitrogens with one attached hydrogen (secondary N) is 1. The van der Waals surface area contributed by atoms with Gasteiger partial charge < -0.3 is 19.7 Å². The van der Waals surface area contributed by atoms with Crippen LogP contribution in [0, 0.1) is 19.7 Å². The number of phenols is 1. The molecule has 0 aromatic heterocycles. The van der Waals surface area contributed by atoms with Crippen LogP contribution in [0.2, 0.25) is 0 Å². The van der Waals surface area contributed by atoms with Gasteiger partial charge in [0, 0.05) is 22.9 Å². The van der Waals surface area contributed by atoms with Gasteiger partial charge >= 0.3 is 12.1 Å². The van der Waals surface area contributed by atoms with E-state index >= 15 is 0 Å². The van der Waals surface area contributed by atoms with E-state index in [0.717, 1.165) is 23.3 Å². The molecule has 11 heteroatoms. The zero-order chi connectivity index (χ0) is 30.1. The van der Waals surface area contributed by atoms with E-state index < -0.39 is 29.4 Å². The van der Waals surface area contributed by atoms with Gasteiger partial charge in [0.05, 0.1) is 24.0 Å². The Kier molecular flexibility index (Phi) is 7.32. The topological polar surface area (TPSA) is 138 Å². The molecule has 0 saturated carbocycles. The number of hydrogen-bond acceptors (Lipinski definition) is 8. The molecule has 212 valence electrons. The molecule has 0 aliphatic carbocycles. The van der Waals surface area contributed by atoms with Gasteiger partial charge in [-0.15, -0.1) is 0 Å². The number of anilines is 3. The second-order valence-electron chi connectivity index (χ2n) is 9.42. The largest absolute Gasteiger partial charge is 0.513 e. The lowest BCUT2D eigenvalue weighted by molar-refractivity contribution is -0.111. The molecule has 3 N–H and O–H groups in total. The van der Waals surface area contributed by atoms with Gasteiger partial charge in [-0.3, -0.25) is 15.1 Å². The van der Waals surface area contributed by atoms with Gasteiger partial charge in [-0.2, -0.15) is 5.10 Å². The van der Waals surface area contributed by atoms with E-state index in [1.54, 1.807) is 18.2 Å². The molecule has 5 rings (SSSR count). The van der Waals surface area contributed by atoms with Crippen molar-refractivity contribution in [3.63, 3.8) is 0 Å². The fourth-order valence-electron chi connectivity index (χ4n) is 4.50. The number of aromatic hydroxyl groups is 1. The first-order chi connectivity index (χ1) is 20.1. The number of hydrogen-bond donors (Lipinski definition) is 3. The molecule has 1 aliphatic heterocycles. The number of carbonyl (C=O) groups excluding carboxylic acids is 2. The molecule has 1 aliphatic rings. The number of ether oxygens (including phenoxy) is 2. The fraction of sp³-hybridized carbons (Fsp3) is 0.0968. The molecule has 0 saturated heterocycles. The van der Waals surface area contributed by atoms with Crippen LogP contribution in [0.15, 0.2) is 77.9 Å². The Bertz CT molecular complexity index is 1800. The number of benzene rings is 4. The number of methoxy groups -OCH3 is 1. The molecule has 0 bridgehead atoms.